The van der Waals surface area contributed by atoms with Crippen molar-refractivity contribution in [3.05, 3.63) is 22.7 Å². The Kier molecular flexibility index (Phi) is 4.66. The maximum atomic E-state index is 12.3. The summed E-state index contributed by atoms with van der Waals surface area (Å²) < 4.78 is 6.73. The zero-order valence-corrected chi connectivity index (χ0v) is 14.3. The summed E-state index contributed by atoms with van der Waals surface area (Å²) in [6, 6.07) is 3.85. The number of rotatable bonds is 4. The van der Waals surface area contributed by atoms with Crippen LogP contribution in [0, 0.1) is 6.92 Å². The molecule has 1 amide bonds. The van der Waals surface area contributed by atoms with Gasteiger partial charge in [-0.25, -0.2) is 4.98 Å². The van der Waals surface area contributed by atoms with E-state index in [0.717, 1.165) is 40.4 Å². The van der Waals surface area contributed by atoms with Crippen LogP contribution in [0.4, 0.5) is 5.13 Å². The van der Waals surface area contributed by atoms with Gasteiger partial charge in [0.2, 0.25) is 5.91 Å². The first-order valence-electron chi connectivity index (χ1n) is 7.57. The lowest BCUT2D eigenvalue weighted by atomic mass is 10.2. The minimum atomic E-state index is 0.0818. The summed E-state index contributed by atoms with van der Waals surface area (Å²) in [6.07, 6.45) is 2.64. The lowest BCUT2D eigenvalue weighted by Gasteiger charge is -2.22. The highest BCUT2D eigenvalue weighted by molar-refractivity contribution is 7.22. The first-order chi connectivity index (χ1) is 10.6. The predicted molar refractivity (Wildman–Crippen MR) is 91.0 cm³/mol. The average Bonchev–Trinajstić information content (AvgIpc) is 3.17. The van der Waals surface area contributed by atoms with Crippen molar-refractivity contribution in [1.29, 1.82) is 0 Å². The number of carbonyl (C=O) groups excluding carboxylic acids is 1. The van der Waals surface area contributed by atoms with Crippen LogP contribution in [-0.2, 0) is 9.53 Å². The highest BCUT2D eigenvalue weighted by Gasteiger charge is 2.25. The van der Waals surface area contributed by atoms with Gasteiger partial charge in [0, 0.05) is 18.1 Å². The van der Waals surface area contributed by atoms with E-state index in [4.69, 9.17) is 16.3 Å². The molecule has 1 aromatic carbocycles. The van der Waals surface area contributed by atoms with Crippen LogP contribution < -0.4 is 4.90 Å². The number of amides is 1. The molecule has 2 heterocycles. The Morgan fingerprint density at radius 1 is 1.55 bits per heavy atom. The van der Waals surface area contributed by atoms with Crippen LogP contribution in [-0.4, -0.2) is 30.1 Å². The van der Waals surface area contributed by atoms with Crippen molar-refractivity contribution in [1.82, 2.24) is 4.98 Å². The number of aromatic nitrogens is 1. The van der Waals surface area contributed by atoms with Crippen molar-refractivity contribution in [2.45, 2.75) is 39.2 Å². The quantitative estimate of drug-likeness (QED) is 0.839. The molecular weight excluding hydrogens is 320 g/mol. The van der Waals surface area contributed by atoms with Gasteiger partial charge in [-0.1, -0.05) is 29.9 Å². The van der Waals surface area contributed by atoms with Crippen molar-refractivity contribution >= 4 is 44.2 Å². The number of thiazole rings is 1. The van der Waals surface area contributed by atoms with Crippen LogP contribution in [0.25, 0.3) is 10.2 Å². The van der Waals surface area contributed by atoms with Gasteiger partial charge in [0.1, 0.15) is 0 Å². The van der Waals surface area contributed by atoms with Crippen LogP contribution in [0.2, 0.25) is 5.02 Å². The molecule has 118 valence electrons. The normalized spacial score (nSPS) is 18.0. The third-order valence-electron chi connectivity index (χ3n) is 3.98. The fourth-order valence-corrected chi connectivity index (χ4v) is 3.88. The molecule has 2 aromatic rings. The SMILES string of the molecule is CCC(=O)N(CC1CCCO1)c1nc2c(C)c(Cl)ccc2s1. The number of benzene rings is 1. The molecule has 0 spiro atoms. The van der Waals surface area contributed by atoms with Crippen LogP contribution >= 0.6 is 22.9 Å². The first kappa shape index (κ1) is 15.7. The molecule has 1 fully saturated rings. The van der Waals surface area contributed by atoms with Gasteiger partial charge in [-0.05, 0) is 37.5 Å². The fraction of sp³-hybridized carbons (Fsp3) is 0.500. The molecule has 6 heteroatoms. The van der Waals surface area contributed by atoms with Gasteiger partial charge in [-0.15, -0.1) is 0 Å². The molecular formula is C16H19ClN2O2S. The van der Waals surface area contributed by atoms with Crippen molar-refractivity contribution in [3.63, 3.8) is 0 Å². The Balaban J connectivity index is 1.96. The Morgan fingerprint density at radius 2 is 2.36 bits per heavy atom. The molecule has 1 aromatic heterocycles. The third kappa shape index (κ3) is 2.98. The van der Waals surface area contributed by atoms with Gasteiger partial charge in [0.25, 0.3) is 0 Å². The highest BCUT2D eigenvalue weighted by Crippen LogP contribution is 2.34. The minimum absolute atomic E-state index is 0.0818. The summed E-state index contributed by atoms with van der Waals surface area (Å²) in [5, 5.41) is 1.44. The molecule has 0 aliphatic carbocycles. The molecule has 0 N–H and O–H groups in total. The number of aryl methyl sites for hydroxylation is 1. The van der Waals surface area contributed by atoms with Gasteiger partial charge >= 0.3 is 0 Å². The third-order valence-corrected chi connectivity index (χ3v) is 5.43. The topological polar surface area (TPSA) is 42.4 Å². The maximum absolute atomic E-state index is 12.3. The van der Waals surface area contributed by atoms with Crippen molar-refractivity contribution in [2.75, 3.05) is 18.1 Å². The van der Waals surface area contributed by atoms with E-state index >= 15 is 0 Å². The summed E-state index contributed by atoms with van der Waals surface area (Å²) in [7, 11) is 0. The molecule has 0 bridgehead atoms. The summed E-state index contributed by atoms with van der Waals surface area (Å²) >= 11 is 7.70. The minimum Gasteiger partial charge on any atom is -0.376 e. The second-order valence-corrected chi connectivity index (χ2v) is 6.92. The molecule has 0 radical (unpaired) electrons. The van der Waals surface area contributed by atoms with Gasteiger partial charge < -0.3 is 4.74 Å². The number of anilines is 1. The molecule has 1 aliphatic heterocycles. The molecule has 22 heavy (non-hydrogen) atoms. The van der Waals surface area contributed by atoms with Gasteiger partial charge in [-0.2, -0.15) is 0 Å². The fourth-order valence-electron chi connectivity index (χ4n) is 2.67. The molecule has 1 aliphatic rings. The van der Waals surface area contributed by atoms with E-state index in [0.29, 0.717) is 18.0 Å². The van der Waals surface area contributed by atoms with Gasteiger partial charge in [0.15, 0.2) is 5.13 Å². The molecule has 4 nitrogen and oxygen atoms in total. The number of hydrogen-bond donors (Lipinski definition) is 0. The second-order valence-electron chi connectivity index (χ2n) is 5.51. The Morgan fingerprint density at radius 3 is 3.05 bits per heavy atom. The van der Waals surface area contributed by atoms with E-state index < -0.39 is 0 Å². The Bertz CT molecular complexity index is 695. The molecule has 1 saturated heterocycles. The van der Waals surface area contributed by atoms with Crippen LogP contribution in [0.15, 0.2) is 12.1 Å². The van der Waals surface area contributed by atoms with Crippen LogP contribution in [0.3, 0.4) is 0 Å². The van der Waals surface area contributed by atoms with Crippen molar-refractivity contribution in [2.24, 2.45) is 0 Å². The monoisotopic (exact) mass is 338 g/mol. The zero-order valence-electron chi connectivity index (χ0n) is 12.8. The smallest absolute Gasteiger partial charge is 0.228 e. The van der Waals surface area contributed by atoms with E-state index in [-0.39, 0.29) is 12.0 Å². The summed E-state index contributed by atoms with van der Waals surface area (Å²) in [5.74, 6) is 0.0818. The highest BCUT2D eigenvalue weighted by atomic mass is 35.5. The van der Waals surface area contributed by atoms with Gasteiger partial charge in [0.05, 0.1) is 22.9 Å². The predicted octanol–water partition coefficient (Wildman–Crippen LogP) is 4.18. The summed E-state index contributed by atoms with van der Waals surface area (Å²) in [5.41, 5.74) is 1.84. The average molecular weight is 339 g/mol. The number of carbonyl (C=O) groups is 1. The van der Waals surface area contributed by atoms with E-state index in [1.165, 1.54) is 11.3 Å². The number of ether oxygens (including phenoxy) is 1. The van der Waals surface area contributed by atoms with Crippen molar-refractivity contribution in [3.8, 4) is 0 Å². The standard InChI is InChI=1S/C16H19ClN2O2S/c1-3-14(20)19(9-11-5-4-8-21-11)16-18-15-10(2)12(17)6-7-13(15)22-16/h6-7,11H,3-5,8-9H2,1-2H3. The molecule has 1 atom stereocenters. The molecule has 3 rings (SSSR count). The number of nitrogens with zero attached hydrogens (tertiary/aromatic N) is 2. The van der Waals surface area contributed by atoms with E-state index in [1.54, 1.807) is 4.90 Å². The summed E-state index contributed by atoms with van der Waals surface area (Å²) in [6.45, 7) is 5.20. The van der Waals surface area contributed by atoms with Crippen LogP contribution in [0.1, 0.15) is 31.7 Å². The number of halogens is 1. The van der Waals surface area contributed by atoms with Crippen LogP contribution in [0.5, 0.6) is 0 Å². The molecule has 1 unspecified atom stereocenters. The summed E-state index contributed by atoms with van der Waals surface area (Å²) in [4.78, 5) is 18.8. The lowest BCUT2D eigenvalue weighted by Crippen LogP contribution is -2.37. The van der Waals surface area contributed by atoms with E-state index in [2.05, 4.69) is 4.98 Å². The number of hydrogen-bond acceptors (Lipinski definition) is 4. The first-order valence-corrected chi connectivity index (χ1v) is 8.77. The lowest BCUT2D eigenvalue weighted by molar-refractivity contribution is -0.118. The van der Waals surface area contributed by atoms with Gasteiger partial charge in [-0.3, -0.25) is 9.69 Å². The number of fused-ring (bicyclic) bond motifs is 1. The van der Waals surface area contributed by atoms with Crippen molar-refractivity contribution < 1.29 is 9.53 Å². The Hall–Kier alpha value is -1.17. The van der Waals surface area contributed by atoms with E-state index in [1.807, 2.05) is 26.0 Å². The Labute approximate surface area is 139 Å². The van der Waals surface area contributed by atoms with E-state index in [9.17, 15) is 4.79 Å². The second kappa shape index (κ2) is 6.52. The largest absolute Gasteiger partial charge is 0.376 e. The molecule has 0 saturated carbocycles. The maximum Gasteiger partial charge on any atom is 0.228 e. The zero-order chi connectivity index (χ0) is 15.7.